The number of carbonyl (C=O) groups is 1. The van der Waals surface area contributed by atoms with Crippen LogP contribution >= 0.6 is 0 Å². The first-order chi connectivity index (χ1) is 10.0. The van der Waals surface area contributed by atoms with E-state index in [1.165, 1.54) is 6.33 Å². The number of anilines is 1. The van der Waals surface area contributed by atoms with Crippen LogP contribution in [0.3, 0.4) is 0 Å². The highest BCUT2D eigenvalue weighted by molar-refractivity contribution is 5.94. The molecule has 0 unspecified atom stereocenters. The first-order valence-corrected chi connectivity index (χ1v) is 6.61. The van der Waals surface area contributed by atoms with Gasteiger partial charge in [0, 0.05) is 17.5 Å². The van der Waals surface area contributed by atoms with Gasteiger partial charge < -0.3 is 10.3 Å². The van der Waals surface area contributed by atoms with Crippen LogP contribution in [-0.2, 0) is 4.79 Å². The zero-order valence-corrected chi connectivity index (χ0v) is 11.8. The molecule has 2 N–H and O–H groups in total. The summed E-state index contributed by atoms with van der Waals surface area (Å²) >= 11 is 0. The molecule has 0 saturated heterocycles. The van der Waals surface area contributed by atoms with Gasteiger partial charge in [-0.15, -0.1) is 0 Å². The summed E-state index contributed by atoms with van der Waals surface area (Å²) in [4.78, 5) is 29.4. The van der Waals surface area contributed by atoms with E-state index >= 15 is 0 Å². The first-order valence-electron chi connectivity index (χ1n) is 6.61. The molecule has 1 aromatic heterocycles. The van der Waals surface area contributed by atoms with Gasteiger partial charge in [-0.25, -0.2) is 4.98 Å². The second-order valence-electron chi connectivity index (χ2n) is 4.65. The van der Waals surface area contributed by atoms with Crippen LogP contribution in [0.5, 0.6) is 0 Å². The summed E-state index contributed by atoms with van der Waals surface area (Å²) in [5, 5.41) is 13.9. The fraction of sp³-hybridized carbons (Fsp3) is 0.286. The molecular weight excluding hydrogens is 272 g/mol. The predicted molar refractivity (Wildman–Crippen MR) is 79.0 cm³/mol. The number of hydrogen-bond acceptors (Lipinski definition) is 4. The molecule has 1 aromatic carbocycles. The van der Waals surface area contributed by atoms with Crippen molar-refractivity contribution in [3.8, 4) is 11.3 Å². The number of hydrogen-bond donors (Lipinski definition) is 2. The van der Waals surface area contributed by atoms with Crippen molar-refractivity contribution < 1.29 is 9.72 Å². The molecule has 0 aliphatic rings. The van der Waals surface area contributed by atoms with Gasteiger partial charge in [0.25, 0.3) is 5.69 Å². The van der Waals surface area contributed by atoms with Gasteiger partial charge in [0.05, 0.1) is 23.1 Å². The molecule has 0 spiro atoms. The SMILES string of the molecule is CCCC(=O)Nc1ccc(-c2cnc[nH]2)c(C)c1[N+](=O)[O-]. The maximum Gasteiger partial charge on any atom is 0.296 e. The van der Waals surface area contributed by atoms with E-state index in [2.05, 4.69) is 15.3 Å². The molecule has 0 aliphatic carbocycles. The minimum atomic E-state index is -0.475. The van der Waals surface area contributed by atoms with Gasteiger partial charge in [-0.05, 0) is 25.5 Å². The number of aromatic nitrogens is 2. The van der Waals surface area contributed by atoms with Gasteiger partial charge in [-0.1, -0.05) is 6.92 Å². The summed E-state index contributed by atoms with van der Waals surface area (Å²) in [6, 6.07) is 3.28. The number of imidazole rings is 1. The van der Waals surface area contributed by atoms with E-state index in [0.29, 0.717) is 29.7 Å². The Morgan fingerprint density at radius 2 is 2.24 bits per heavy atom. The fourth-order valence-electron chi connectivity index (χ4n) is 2.17. The maximum atomic E-state index is 11.7. The average Bonchev–Trinajstić information content (AvgIpc) is 2.92. The van der Waals surface area contributed by atoms with Crippen LogP contribution < -0.4 is 5.32 Å². The molecule has 0 fully saturated rings. The van der Waals surface area contributed by atoms with Gasteiger partial charge in [0.2, 0.25) is 5.91 Å². The van der Waals surface area contributed by atoms with Gasteiger partial charge in [-0.2, -0.15) is 0 Å². The third-order valence-electron chi connectivity index (χ3n) is 3.15. The molecular formula is C14H16N4O3. The average molecular weight is 288 g/mol. The number of nitro groups is 1. The number of nitro benzene ring substituents is 1. The van der Waals surface area contributed by atoms with Gasteiger partial charge >= 0.3 is 0 Å². The van der Waals surface area contributed by atoms with Crippen LogP contribution in [0.4, 0.5) is 11.4 Å². The highest BCUT2D eigenvalue weighted by Gasteiger charge is 2.22. The Kier molecular flexibility index (Phi) is 4.32. The van der Waals surface area contributed by atoms with Crippen molar-refractivity contribution in [3.05, 3.63) is 40.3 Å². The summed E-state index contributed by atoms with van der Waals surface area (Å²) in [7, 11) is 0. The largest absolute Gasteiger partial charge is 0.345 e. The van der Waals surface area contributed by atoms with Crippen molar-refractivity contribution in [2.45, 2.75) is 26.7 Å². The Morgan fingerprint density at radius 3 is 2.81 bits per heavy atom. The lowest BCUT2D eigenvalue weighted by atomic mass is 10.0. The smallest absolute Gasteiger partial charge is 0.296 e. The Labute approximate surface area is 121 Å². The lowest BCUT2D eigenvalue weighted by Crippen LogP contribution is -2.12. The zero-order valence-electron chi connectivity index (χ0n) is 11.8. The molecule has 2 aromatic rings. The number of nitrogens with zero attached hydrogens (tertiary/aromatic N) is 2. The van der Waals surface area contributed by atoms with Crippen LogP contribution in [-0.4, -0.2) is 20.8 Å². The summed E-state index contributed by atoms with van der Waals surface area (Å²) in [5.74, 6) is -0.228. The number of amides is 1. The lowest BCUT2D eigenvalue weighted by molar-refractivity contribution is -0.384. The molecule has 7 nitrogen and oxygen atoms in total. The topological polar surface area (TPSA) is 101 Å². The molecule has 110 valence electrons. The molecule has 1 heterocycles. The molecule has 0 radical (unpaired) electrons. The minimum Gasteiger partial charge on any atom is -0.345 e. The van der Waals surface area contributed by atoms with Crippen molar-refractivity contribution in [3.63, 3.8) is 0 Å². The van der Waals surface area contributed by atoms with Crippen LogP contribution in [0.2, 0.25) is 0 Å². The zero-order chi connectivity index (χ0) is 15.4. The van der Waals surface area contributed by atoms with E-state index in [1.54, 1.807) is 25.3 Å². The Bertz CT molecular complexity index is 665. The lowest BCUT2D eigenvalue weighted by Gasteiger charge is -2.10. The van der Waals surface area contributed by atoms with E-state index in [1.807, 2.05) is 6.92 Å². The van der Waals surface area contributed by atoms with E-state index in [-0.39, 0.29) is 17.3 Å². The monoisotopic (exact) mass is 288 g/mol. The predicted octanol–water partition coefficient (Wildman–Crippen LogP) is 3.03. The molecule has 0 aliphatic heterocycles. The van der Waals surface area contributed by atoms with Gasteiger partial charge in [-0.3, -0.25) is 14.9 Å². The Hall–Kier alpha value is -2.70. The number of aromatic amines is 1. The number of carbonyl (C=O) groups excluding carboxylic acids is 1. The summed E-state index contributed by atoms with van der Waals surface area (Å²) in [5.41, 5.74) is 2.00. The van der Waals surface area contributed by atoms with Crippen molar-refractivity contribution in [1.82, 2.24) is 9.97 Å². The van der Waals surface area contributed by atoms with Crippen LogP contribution in [0.25, 0.3) is 11.3 Å². The van der Waals surface area contributed by atoms with Gasteiger partial charge in [0.1, 0.15) is 5.69 Å². The Morgan fingerprint density at radius 1 is 1.48 bits per heavy atom. The normalized spacial score (nSPS) is 10.4. The molecule has 0 bridgehead atoms. The number of nitrogens with one attached hydrogen (secondary N) is 2. The van der Waals surface area contributed by atoms with E-state index < -0.39 is 4.92 Å². The number of benzene rings is 1. The van der Waals surface area contributed by atoms with Crippen molar-refractivity contribution in [2.75, 3.05) is 5.32 Å². The third-order valence-corrected chi connectivity index (χ3v) is 3.15. The molecule has 0 saturated carbocycles. The second kappa shape index (κ2) is 6.17. The molecule has 2 rings (SSSR count). The molecule has 7 heteroatoms. The van der Waals surface area contributed by atoms with Crippen LogP contribution in [0.1, 0.15) is 25.3 Å². The first kappa shape index (κ1) is 14.7. The fourth-order valence-corrected chi connectivity index (χ4v) is 2.17. The van der Waals surface area contributed by atoms with Crippen molar-refractivity contribution in [1.29, 1.82) is 0 Å². The second-order valence-corrected chi connectivity index (χ2v) is 4.65. The van der Waals surface area contributed by atoms with Crippen LogP contribution in [0.15, 0.2) is 24.7 Å². The van der Waals surface area contributed by atoms with Crippen molar-refractivity contribution in [2.24, 2.45) is 0 Å². The van der Waals surface area contributed by atoms with Crippen molar-refractivity contribution >= 4 is 17.3 Å². The standard InChI is InChI=1S/C14H16N4O3/c1-3-4-13(19)17-11-6-5-10(12-7-15-8-16-12)9(2)14(11)18(20)21/h5-8H,3-4H2,1-2H3,(H,15,16)(H,17,19). The quantitative estimate of drug-likeness (QED) is 0.652. The summed E-state index contributed by atoms with van der Waals surface area (Å²) in [6.07, 6.45) is 4.13. The van der Waals surface area contributed by atoms with E-state index in [9.17, 15) is 14.9 Å². The highest BCUT2D eigenvalue weighted by atomic mass is 16.6. The summed E-state index contributed by atoms with van der Waals surface area (Å²) < 4.78 is 0. The Balaban J connectivity index is 2.46. The van der Waals surface area contributed by atoms with E-state index in [0.717, 1.165) is 0 Å². The molecule has 21 heavy (non-hydrogen) atoms. The van der Waals surface area contributed by atoms with Gasteiger partial charge in [0.15, 0.2) is 0 Å². The third kappa shape index (κ3) is 3.07. The molecule has 0 atom stereocenters. The summed E-state index contributed by atoms with van der Waals surface area (Å²) in [6.45, 7) is 3.53. The molecule has 1 amide bonds. The number of H-pyrrole nitrogens is 1. The minimum absolute atomic E-state index is 0.0912. The highest BCUT2D eigenvalue weighted by Crippen LogP contribution is 2.35. The van der Waals surface area contributed by atoms with E-state index in [4.69, 9.17) is 0 Å². The number of rotatable bonds is 5. The maximum absolute atomic E-state index is 11.7. The van der Waals surface area contributed by atoms with Crippen LogP contribution in [0, 0.1) is 17.0 Å².